The van der Waals surface area contributed by atoms with E-state index >= 15 is 0 Å². The highest BCUT2D eigenvalue weighted by molar-refractivity contribution is 6.32. The van der Waals surface area contributed by atoms with Gasteiger partial charge in [0.15, 0.2) is 12.4 Å². The number of ketones is 1. The molecule has 0 radical (unpaired) electrons. The first-order valence-electron chi connectivity index (χ1n) is 8.92. The van der Waals surface area contributed by atoms with Crippen LogP contribution in [-0.4, -0.2) is 43.9 Å². The van der Waals surface area contributed by atoms with E-state index in [-0.39, 0.29) is 18.4 Å². The first-order chi connectivity index (χ1) is 12.2. The number of carbonyl (C=O) groups is 3. The van der Waals surface area contributed by atoms with E-state index in [9.17, 15) is 14.4 Å². The molecule has 26 heavy (non-hydrogen) atoms. The van der Waals surface area contributed by atoms with Crippen LogP contribution in [0.4, 0.5) is 4.79 Å². The van der Waals surface area contributed by atoms with Crippen LogP contribution >= 0.6 is 0 Å². The molecule has 0 aromatic heterocycles. The maximum Gasteiger partial charge on any atom is 0.407 e. The van der Waals surface area contributed by atoms with Gasteiger partial charge in [-0.05, 0) is 33.6 Å². The van der Waals surface area contributed by atoms with Gasteiger partial charge in [0.2, 0.25) is 0 Å². The summed E-state index contributed by atoms with van der Waals surface area (Å²) in [6.07, 6.45) is 1.58. The highest BCUT2D eigenvalue weighted by Crippen LogP contribution is 2.27. The molecule has 1 fully saturated rings. The van der Waals surface area contributed by atoms with Crippen molar-refractivity contribution in [1.29, 1.82) is 0 Å². The Hall–Kier alpha value is -2.31. The first kappa shape index (κ1) is 20.0. The number of Topliss-reactive ketones (excluding diaryl/α,β-unsaturated/α-hetero) is 1. The summed E-state index contributed by atoms with van der Waals surface area (Å²) in [5.74, 6) is -1.15. The molecule has 1 aliphatic carbocycles. The van der Waals surface area contributed by atoms with Crippen molar-refractivity contribution in [2.75, 3.05) is 6.61 Å². The van der Waals surface area contributed by atoms with Crippen molar-refractivity contribution >= 4 is 31.2 Å². The first-order valence-corrected chi connectivity index (χ1v) is 8.92. The third-order valence-electron chi connectivity index (χ3n) is 4.24. The van der Waals surface area contributed by atoms with Gasteiger partial charge in [0, 0.05) is 11.6 Å². The van der Waals surface area contributed by atoms with E-state index in [0.29, 0.717) is 18.4 Å². The summed E-state index contributed by atoms with van der Waals surface area (Å²) >= 11 is 0. The number of carbonyl (C=O) groups excluding carboxylic acids is 3. The molecule has 0 saturated heterocycles. The Labute approximate surface area is 155 Å². The fraction of sp³-hybridized carbons (Fsp3) is 0.526. The molecule has 1 aromatic rings. The summed E-state index contributed by atoms with van der Waals surface area (Å²) in [7, 11) is 1.94. The minimum Gasteiger partial charge on any atom is -0.457 e. The maximum absolute atomic E-state index is 12.3. The molecule has 2 atom stereocenters. The Morgan fingerprint density at radius 2 is 1.81 bits per heavy atom. The average Bonchev–Trinajstić information content (AvgIpc) is 2.99. The quantitative estimate of drug-likeness (QED) is 0.488. The highest BCUT2D eigenvalue weighted by Gasteiger charge is 2.36. The second kappa shape index (κ2) is 8.38. The summed E-state index contributed by atoms with van der Waals surface area (Å²) in [6, 6.07) is 6.79. The molecule has 1 N–H and O–H groups in total. The van der Waals surface area contributed by atoms with E-state index < -0.39 is 23.6 Å². The molecule has 1 aromatic carbocycles. The van der Waals surface area contributed by atoms with Gasteiger partial charge in [0.1, 0.15) is 13.4 Å². The molecule has 1 saturated carbocycles. The number of esters is 1. The lowest BCUT2D eigenvalue weighted by atomic mass is 9.95. The number of amides is 1. The SMILES string of the molecule is Bc1ccc(C(=O)COC(=O)C2CCCC2NC(=O)OC(C)(C)C)cc1. The average molecular weight is 359 g/mol. The monoisotopic (exact) mass is 359 g/mol. The van der Waals surface area contributed by atoms with Crippen LogP contribution in [0.25, 0.3) is 0 Å². The topological polar surface area (TPSA) is 81.7 Å². The predicted octanol–water partition coefficient (Wildman–Crippen LogP) is 1.36. The molecule has 0 spiro atoms. The van der Waals surface area contributed by atoms with E-state index in [1.807, 2.05) is 20.0 Å². The molecule has 0 aliphatic heterocycles. The molecular weight excluding hydrogens is 333 g/mol. The Kier molecular flexibility index (Phi) is 6.45. The van der Waals surface area contributed by atoms with Crippen LogP contribution < -0.4 is 10.8 Å². The number of rotatable bonds is 5. The van der Waals surface area contributed by atoms with Crippen molar-refractivity contribution in [2.45, 2.75) is 51.7 Å². The zero-order valence-electron chi connectivity index (χ0n) is 15.8. The molecule has 7 heteroatoms. The number of nitrogens with one attached hydrogen (secondary N) is 1. The van der Waals surface area contributed by atoms with E-state index in [1.165, 1.54) is 0 Å². The fourth-order valence-corrected chi connectivity index (χ4v) is 2.94. The second-order valence-corrected chi connectivity index (χ2v) is 7.69. The third-order valence-corrected chi connectivity index (χ3v) is 4.24. The molecule has 0 bridgehead atoms. The maximum atomic E-state index is 12.3. The van der Waals surface area contributed by atoms with Gasteiger partial charge in [-0.15, -0.1) is 0 Å². The standard InChI is InChI=1S/C19H26BNO5/c1-19(2,3)26-18(24)21-15-6-4-5-14(15)17(23)25-11-16(22)12-7-9-13(20)10-8-12/h7-10,14-15H,4-6,11,20H2,1-3H3,(H,21,24). The Balaban J connectivity index is 1.86. The number of hydrogen-bond donors (Lipinski definition) is 1. The molecule has 1 amide bonds. The van der Waals surface area contributed by atoms with Gasteiger partial charge in [0.25, 0.3) is 0 Å². The summed E-state index contributed by atoms with van der Waals surface area (Å²) in [5, 5.41) is 2.75. The minimum atomic E-state index is -0.598. The van der Waals surface area contributed by atoms with Crippen molar-refractivity contribution < 1.29 is 23.9 Å². The number of ether oxygens (including phenoxy) is 2. The highest BCUT2D eigenvalue weighted by atomic mass is 16.6. The Morgan fingerprint density at radius 1 is 1.15 bits per heavy atom. The molecule has 0 heterocycles. The molecule has 140 valence electrons. The summed E-state index contributed by atoms with van der Waals surface area (Å²) in [5.41, 5.74) is 0.970. The van der Waals surface area contributed by atoms with E-state index in [2.05, 4.69) is 5.32 Å². The van der Waals surface area contributed by atoms with Crippen LogP contribution in [-0.2, 0) is 14.3 Å². The van der Waals surface area contributed by atoms with Crippen molar-refractivity contribution in [2.24, 2.45) is 5.92 Å². The van der Waals surface area contributed by atoms with Crippen LogP contribution in [0.3, 0.4) is 0 Å². The van der Waals surface area contributed by atoms with Crippen LogP contribution in [0.1, 0.15) is 50.4 Å². The smallest absolute Gasteiger partial charge is 0.407 e. The minimum absolute atomic E-state index is 0.243. The zero-order chi connectivity index (χ0) is 19.3. The Morgan fingerprint density at radius 3 is 2.42 bits per heavy atom. The number of alkyl carbamates (subject to hydrolysis) is 1. The molecule has 2 rings (SSSR count). The van der Waals surface area contributed by atoms with Crippen LogP contribution in [0.15, 0.2) is 24.3 Å². The molecular formula is C19H26BNO5. The van der Waals surface area contributed by atoms with Gasteiger partial charge in [-0.3, -0.25) is 9.59 Å². The van der Waals surface area contributed by atoms with Crippen molar-refractivity contribution in [3.05, 3.63) is 29.8 Å². The van der Waals surface area contributed by atoms with Crippen molar-refractivity contribution in [3.8, 4) is 0 Å². The van der Waals surface area contributed by atoms with Gasteiger partial charge < -0.3 is 14.8 Å². The molecule has 2 unspecified atom stereocenters. The summed E-state index contributed by atoms with van der Waals surface area (Å²) in [6.45, 7) is 5.05. The Bertz CT molecular complexity index is 666. The number of hydrogen-bond acceptors (Lipinski definition) is 5. The normalized spacial score (nSPS) is 19.7. The largest absolute Gasteiger partial charge is 0.457 e. The van der Waals surface area contributed by atoms with E-state index in [4.69, 9.17) is 9.47 Å². The fourth-order valence-electron chi connectivity index (χ4n) is 2.94. The lowest BCUT2D eigenvalue weighted by molar-refractivity contribution is -0.147. The molecule has 6 nitrogen and oxygen atoms in total. The van der Waals surface area contributed by atoms with Gasteiger partial charge in [-0.25, -0.2) is 4.79 Å². The lowest BCUT2D eigenvalue weighted by Gasteiger charge is -2.24. The van der Waals surface area contributed by atoms with Crippen molar-refractivity contribution in [3.63, 3.8) is 0 Å². The van der Waals surface area contributed by atoms with Gasteiger partial charge in [-0.2, -0.15) is 0 Å². The van der Waals surface area contributed by atoms with E-state index in [1.54, 1.807) is 32.9 Å². The predicted molar refractivity (Wildman–Crippen MR) is 100 cm³/mol. The van der Waals surface area contributed by atoms with Crippen LogP contribution in [0.5, 0.6) is 0 Å². The summed E-state index contributed by atoms with van der Waals surface area (Å²) in [4.78, 5) is 36.4. The summed E-state index contributed by atoms with van der Waals surface area (Å²) < 4.78 is 10.4. The number of benzene rings is 1. The zero-order valence-corrected chi connectivity index (χ0v) is 15.8. The van der Waals surface area contributed by atoms with Crippen molar-refractivity contribution in [1.82, 2.24) is 5.32 Å². The van der Waals surface area contributed by atoms with E-state index in [0.717, 1.165) is 11.9 Å². The lowest BCUT2D eigenvalue weighted by Crippen LogP contribution is -2.43. The van der Waals surface area contributed by atoms with Crippen LogP contribution in [0.2, 0.25) is 0 Å². The second-order valence-electron chi connectivity index (χ2n) is 7.69. The van der Waals surface area contributed by atoms with Gasteiger partial charge in [-0.1, -0.05) is 36.1 Å². The molecule has 1 aliphatic rings. The van der Waals surface area contributed by atoms with Gasteiger partial charge in [0.05, 0.1) is 5.92 Å². The van der Waals surface area contributed by atoms with Crippen LogP contribution in [0, 0.1) is 5.92 Å². The van der Waals surface area contributed by atoms with Gasteiger partial charge >= 0.3 is 12.1 Å². The third kappa shape index (κ3) is 5.90.